The summed E-state index contributed by atoms with van der Waals surface area (Å²) in [5, 5.41) is 0. The molecule has 0 N–H and O–H groups in total. The molecule has 0 radical (unpaired) electrons. The number of rotatable bonds is 15. The molecule has 108 valence electrons. The van der Waals surface area contributed by atoms with Crippen molar-refractivity contribution in [3.63, 3.8) is 0 Å². The van der Waals surface area contributed by atoms with Gasteiger partial charge in [-0.25, -0.2) is 0 Å². The van der Waals surface area contributed by atoms with Crippen molar-refractivity contribution in [3.05, 3.63) is 12.7 Å². The monoisotopic (exact) mass is 272 g/mol. The van der Waals surface area contributed by atoms with Gasteiger partial charge in [-0.3, -0.25) is 0 Å². The Morgan fingerprint density at radius 3 is 1.22 bits per heavy atom. The molecule has 0 fully saturated rings. The number of halogens is 1. The van der Waals surface area contributed by atoms with Gasteiger partial charge in [0, 0.05) is 5.88 Å². The van der Waals surface area contributed by atoms with Crippen molar-refractivity contribution >= 4 is 11.6 Å². The highest BCUT2D eigenvalue weighted by molar-refractivity contribution is 6.17. The second-order valence-corrected chi connectivity index (χ2v) is 5.74. The molecule has 0 amide bonds. The summed E-state index contributed by atoms with van der Waals surface area (Å²) in [5.41, 5.74) is 0. The summed E-state index contributed by atoms with van der Waals surface area (Å²) >= 11 is 5.65. The summed E-state index contributed by atoms with van der Waals surface area (Å²) in [6, 6.07) is 0. The molecule has 0 aromatic rings. The highest BCUT2D eigenvalue weighted by atomic mass is 35.5. The molecule has 0 aliphatic rings. The third kappa shape index (κ3) is 16.0. The van der Waals surface area contributed by atoms with Gasteiger partial charge in [0.05, 0.1) is 0 Å². The standard InChI is InChI=1S/C17H33Cl/c1-2-3-4-5-6-7-8-9-10-11-12-13-14-15-16-17-18/h2H,1,3-17H2. The van der Waals surface area contributed by atoms with Crippen LogP contribution in [0, 0.1) is 0 Å². The van der Waals surface area contributed by atoms with E-state index in [4.69, 9.17) is 11.6 Å². The Balaban J connectivity index is 2.88. The van der Waals surface area contributed by atoms with Crippen LogP contribution < -0.4 is 0 Å². The lowest BCUT2D eigenvalue weighted by Gasteiger charge is -2.02. The van der Waals surface area contributed by atoms with Crippen LogP contribution >= 0.6 is 11.6 Å². The first-order chi connectivity index (χ1) is 8.91. The predicted molar refractivity (Wildman–Crippen MR) is 85.6 cm³/mol. The molecule has 0 nitrogen and oxygen atoms in total. The van der Waals surface area contributed by atoms with Gasteiger partial charge in [-0.15, -0.1) is 18.2 Å². The van der Waals surface area contributed by atoms with E-state index in [1.807, 2.05) is 6.08 Å². The summed E-state index contributed by atoms with van der Waals surface area (Å²) < 4.78 is 0. The first-order valence-corrected chi connectivity index (χ1v) is 8.62. The smallest absolute Gasteiger partial charge is 0.0223 e. The highest BCUT2D eigenvalue weighted by Gasteiger charge is 1.93. The third-order valence-corrected chi connectivity index (χ3v) is 3.81. The Morgan fingerprint density at radius 1 is 0.556 bits per heavy atom. The lowest BCUT2D eigenvalue weighted by Crippen LogP contribution is -1.83. The summed E-state index contributed by atoms with van der Waals surface area (Å²) in [4.78, 5) is 0. The maximum atomic E-state index is 5.65. The second-order valence-electron chi connectivity index (χ2n) is 5.36. The van der Waals surface area contributed by atoms with Crippen LogP contribution in [0.4, 0.5) is 0 Å². The predicted octanol–water partition coefficient (Wildman–Crippen LogP) is 6.87. The molecule has 18 heavy (non-hydrogen) atoms. The van der Waals surface area contributed by atoms with Crippen LogP contribution in [0.1, 0.15) is 89.9 Å². The molecule has 0 spiro atoms. The molecule has 0 saturated carbocycles. The van der Waals surface area contributed by atoms with Gasteiger partial charge in [0.1, 0.15) is 0 Å². The average molecular weight is 273 g/mol. The largest absolute Gasteiger partial charge is 0.127 e. The number of alkyl halides is 1. The van der Waals surface area contributed by atoms with Crippen LogP contribution in [0.25, 0.3) is 0 Å². The molecule has 0 aliphatic carbocycles. The Hall–Kier alpha value is 0.0300. The van der Waals surface area contributed by atoms with Gasteiger partial charge in [-0.2, -0.15) is 0 Å². The van der Waals surface area contributed by atoms with E-state index in [2.05, 4.69) is 6.58 Å². The molecule has 0 aromatic carbocycles. The maximum absolute atomic E-state index is 5.65. The number of hydrogen-bond donors (Lipinski definition) is 0. The van der Waals surface area contributed by atoms with Crippen LogP contribution in [-0.4, -0.2) is 5.88 Å². The zero-order chi connectivity index (χ0) is 13.3. The van der Waals surface area contributed by atoms with Gasteiger partial charge in [0.25, 0.3) is 0 Å². The quantitative estimate of drug-likeness (QED) is 0.173. The van der Waals surface area contributed by atoms with Gasteiger partial charge in [0.2, 0.25) is 0 Å². The molecule has 0 rings (SSSR count). The minimum atomic E-state index is 0.840. The van der Waals surface area contributed by atoms with Gasteiger partial charge < -0.3 is 0 Å². The molecule has 1 heteroatoms. The average Bonchev–Trinajstić information content (AvgIpc) is 2.39. The molecule has 0 saturated heterocycles. The second kappa shape index (κ2) is 17.0. The van der Waals surface area contributed by atoms with Crippen LogP contribution in [0.3, 0.4) is 0 Å². The zero-order valence-electron chi connectivity index (χ0n) is 12.3. The van der Waals surface area contributed by atoms with E-state index in [0.717, 1.165) is 5.88 Å². The van der Waals surface area contributed by atoms with Crippen LogP contribution in [0.2, 0.25) is 0 Å². The summed E-state index contributed by atoms with van der Waals surface area (Å²) in [6.07, 6.45) is 21.4. The Kier molecular flexibility index (Phi) is 17.1. The minimum Gasteiger partial charge on any atom is -0.127 e. The van der Waals surface area contributed by atoms with E-state index < -0.39 is 0 Å². The Bertz CT molecular complexity index is 154. The number of allylic oxidation sites excluding steroid dienone is 1. The molecular weight excluding hydrogens is 240 g/mol. The summed E-state index contributed by atoms with van der Waals surface area (Å²) in [6.45, 7) is 3.75. The SMILES string of the molecule is C=CCCCCCCCCCCCCCCCCl. The van der Waals surface area contributed by atoms with Gasteiger partial charge in [0.15, 0.2) is 0 Å². The van der Waals surface area contributed by atoms with Crippen molar-refractivity contribution in [3.8, 4) is 0 Å². The molecule has 0 aromatic heterocycles. The lowest BCUT2D eigenvalue weighted by atomic mass is 10.0. The minimum absolute atomic E-state index is 0.840. The van der Waals surface area contributed by atoms with Crippen molar-refractivity contribution in [1.29, 1.82) is 0 Å². The molecule has 0 aliphatic heterocycles. The highest BCUT2D eigenvalue weighted by Crippen LogP contribution is 2.13. The summed E-state index contributed by atoms with van der Waals surface area (Å²) in [7, 11) is 0. The number of unbranched alkanes of at least 4 members (excludes halogenated alkanes) is 13. The fourth-order valence-electron chi connectivity index (χ4n) is 2.33. The molecular formula is C17H33Cl. The zero-order valence-corrected chi connectivity index (χ0v) is 13.0. The fraction of sp³-hybridized carbons (Fsp3) is 0.882. The van der Waals surface area contributed by atoms with Crippen molar-refractivity contribution in [2.75, 3.05) is 5.88 Å². The summed E-state index contributed by atoms with van der Waals surface area (Å²) in [5.74, 6) is 0.840. The van der Waals surface area contributed by atoms with E-state index in [-0.39, 0.29) is 0 Å². The number of hydrogen-bond acceptors (Lipinski definition) is 0. The van der Waals surface area contributed by atoms with Crippen molar-refractivity contribution < 1.29 is 0 Å². The topological polar surface area (TPSA) is 0 Å². The molecule has 0 bridgehead atoms. The van der Waals surface area contributed by atoms with Gasteiger partial charge in [-0.1, -0.05) is 76.7 Å². The van der Waals surface area contributed by atoms with Gasteiger partial charge in [-0.05, 0) is 19.3 Å². The third-order valence-electron chi connectivity index (χ3n) is 3.54. The maximum Gasteiger partial charge on any atom is 0.0223 e. The van der Waals surface area contributed by atoms with Crippen molar-refractivity contribution in [2.45, 2.75) is 89.9 Å². The first kappa shape index (κ1) is 18.0. The molecule has 0 heterocycles. The van der Waals surface area contributed by atoms with Crippen LogP contribution in [0.5, 0.6) is 0 Å². The van der Waals surface area contributed by atoms with Gasteiger partial charge >= 0.3 is 0 Å². The van der Waals surface area contributed by atoms with E-state index in [9.17, 15) is 0 Å². The van der Waals surface area contributed by atoms with E-state index >= 15 is 0 Å². The van der Waals surface area contributed by atoms with E-state index in [1.165, 1.54) is 89.9 Å². The first-order valence-electron chi connectivity index (χ1n) is 8.08. The molecule has 0 unspecified atom stereocenters. The fourth-order valence-corrected chi connectivity index (χ4v) is 2.52. The Morgan fingerprint density at radius 2 is 0.889 bits per heavy atom. The van der Waals surface area contributed by atoms with Crippen LogP contribution in [-0.2, 0) is 0 Å². The van der Waals surface area contributed by atoms with E-state index in [0.29, 0.717) is 0 Å². The van der Waals surface area contributed by atoms with Crippen molar-refractivity contribution in [1.82, 2.24) is 0 Å². The molecule has 0 atom stereocenters. The van der Waals surface area contributed by atoms with Crippen molar-refractivity contribution in [2.24, 2.45) is 0 Å². The van der Waals surface area contributed by atoms with Crippen LogP contribution in [0.15, 0.2) is 12.7 Å². The Labute approximate surface area is 120 Å². The van der Waals surface area contributed by atoms with E-state index in [1.54, 1.807) is 0 Å². The normalized spacial score (nSPS) is 10.7. The lowest BCUT2D eigenvalue weighted by molar-refractivity contribution is 0.540.